The first kappa shape index (κ1) is 21.7. The first-order chi connectivity index (χ1) is 10.3. The van der Waals surface area contributed by atoms with Gasteiger partial charge < -0.3 is 29.5 Å². The molecule has 6 nitrogen and oxygen atoms in total. The number of nitrogens with two attached hydrogens (primary N) is 2. The van der Waals surface area contributed by atoms with Crippen molar-refractivity contribution in [3.8, 4) is 0 Å². The third kappa shape index (κ3) is 6.43. The lowest BCUT2D eigenvalue weighted by Crippen LogP contribution is -2.53. The van der Waals surface area contributed by atoms with E-state index in [1.54, 1.807) is 6.92 Å². The van der Waals surface area contributed by atoms with Gasteiger partial charge in [-0.05, 0) is 47.0 Å². The van der Waals surface area contributed by atoms with Gasteiger partial charge in [-0.25, -0.2) is 0 Å². The molecule has 0 aromatic carbocycles. The van der Waals surface area contributed by atoms with Crippen molar-refractivity contribution >= 4 is 14.6 Å². The lowest BCUT2D eigenvalue weighted by Gasteiger charge is -2.36. The van der Waals surface area contributed by atoms with Crippen LogP contribution in [0.25, 0.3) is 0 Å². The highest BCUT2D eigenvalue weighted by Crippen LogP contribution is 2.64. The molecule has 0 atom stereocenters. The van der Waals surface area contributed by atoms with Crippen LogP contribution < -0.4 is 11.5 Å². The monoisotopic (exact) mass is 334 g/mol. The van der Waals surface area contributed by atoms with Gasteiger partial charge in [-0.3, -0.25) is 0 Å². The van der Waals surface area contributed by atoms with E-state index in [0.29, 0.717) is 26.2 Å². The van der Waals surface area contributed by atoms with Gasteiger partial charge in [-0.2, -0.15) is 0 Å². The quantitative estimate of drug-likeness (QED) is 0.469. The maximum absolute atomic E-state index is 9.81. The van der Waals surface area contributed by atoms with Crippen LogP contribution in [0.1, 0.15) is 60.3 Å². The van der Waals surface area contributed by atoms with Crippen LogP contribution in [0.15, 0.2) is 0 Å². The Kier molecular flexibility index (Phi) is 10.3. The second kappa shape index (κ2) is 10.5. The molecule has 0 heterocycles. The van der Waals surface area contributed by atoms with Crippen molar-refractivity contribution in [1.29, 1.82) is 0 Å². The lowest BCUT2D eigenvalue weighted by molar-refractivity contribution is -0.116. The van der Waals surface area contributed by atoms with E-state index in [1.165, 1.54) is 0 Å². The highest BCUT2D eigenvalue weighted by molar-refractivity contribution is 6.65. The van der Waals surface area contributed by atoms with E-state index >= 15 is 0 Å². The van der Waals surface area contributed by atoms with E-state index in [9.17, 15) is 4.79 Å². The van der Waals surface area contributed by atoms with Crippen molar-refractivity contribution in [2.24, 2.45) is 11.5 Å². The van der Waals surface area contributed by atoms with Crippen LogP contribution in [-0.2, 0) is 18.1 Å². The SMILES string of the molecule is CCC(C)=O.CCO[Si](OCC)(OCC)C1(CC(N)N)CC1. The zero-order chi connectivity index (χ0) is 17.2. The van der Waals surface area contributed by atoms with Crippen molar-refractivity contribution in [1.82, 2.24) is 0 Å². The fourth-order valence-electron chi connectivity index (χ4n) is 2.39. The molecule has 1 rings (SSSR count). The summed E-state index contributed by atoms with van der Waals surface area (Å²) in [5, 5.41) is -0.0385. The van der Waals surface area contributed by atoms with Crippen LogP contribution in [0.3, 0.4) is 0 Å². The van der Waals surface area contributed by atoms with Crippen molar-refractivity contribution in [2.75, 3.05) is 19.8 Å². The summed E-state index contributed by atoms with van der Waals surface area (Å²) in [7, 11) is -2.63. The van der Waals surface area contributed by atoms with Gasteiger partial charge in [0.05, 0.1) is 6.17 Å². The third-order valence-electron chi connectivity index (χ3n) is 3.63. The molecule has 4 N–H and O–H groups in total. The summed E-state index contributed by atoms with van der Waals surface area (Å²) in [5.74, 6) is 0.255. The Balaban J connectivity index is 0.000000763. The largest absolute Gasteiger partial charge is 0.507 e. The fourth-order valence-corrected chi connectivity index (χ4v) is 5.92. The molecule has 22 heavy (non-hydrogen) atoms. The van der Waals surface area contributed by atoms with Crippen LogP contribution >= 0.6 is 0 Å². The molecule has 0 aromatic heterocycles. The van der Waals surface area contributed by atoms with E-state index in [0.717, 1.165) is 19.3 Å². The van der Waals surface area contributed by atoms with Gasteiger partial charge in [0.15, 0.2) is 0 Å². The Morgan fingerprint density at radius 1 is 1.05 bits per heavy atom. The van der Waals surface area contributed by atoms with Crippen molar-refractivity contribution in [3.63, 3.8) is 0 Å². The zero-order valence-corrected chi connectivity index (χ0v) is 15.8. The van der Waals surface area contributed by atoms with Gasteiger partial charge in [0.1, 0.15) is 5.78 Å². The Bertz CT molecular complexity index is 306. The van der Waals surface area contributed by atoms with Crippen molar-refractivity contribution in [2.45, 2.75) is 71.5 Å². The van der Waals surface area contributed by atoms with Crippen molar-refractivity contribution < 1.29 is 18.1 Å². The molecule has 1 aliphatic carbocycles. The van der Waals surface area contributed by atoms with Crippen molar-refractivity contribution in [3.05, 3.63) is 0 Å². The van der Waals surface area contributed by atoms with Gasteiger partial charge in [0.2, 0.25) is 0 Å². The van der Waals surface area contributed by atoms with Crippen LogP contribution in [0.2, 0.25) is 5.04 Å². The number of rotatable bonds is 10. The van der Waals surface area contributed by atoms with Gasteiger partial charge in [0.25, 0.3) is 0 Å². The number of carbonyl (C=O) groups is 1. The Hall–Kier alpha value is -0.313. The standard InChI is InChI=1S/C11H26N2O3Si.C4H8O/c1-4-14-17(15-5-2,16-6-3)11(7-8-11)9-10(12)13;1-3-4(2)5/h10H,4-9,12-13H2,1-3H3;3H2,1-2H3. The van der Waals surface area contributed by atoms with Crippen LogP contribution in [0.4, 0.5) is 0 Å². The molecule has 0 unspecified atom stereocenters. The highest BCUT2D eigenvalue weighted by atomic mass is 28.4. The smallest absolute Gasteiger partial charge is 0.373 e. The molecular formula is C15H34N2O4Si. The molecule has 0 aliphatic heterocycles. The average Bonchev–Trinajstić information content (AvgIpc) is 3.20. The minimum Gasteiger partial charge on any atom is -0.373 e. The molecule has 1 saturated carbocycles. The van der Waals surface area contributed by atoms with Crippen LogP contribution in [-0.4, -0.2) is 40.6 Å². The minimum atomic E-state index is -2.63. The molecule has 0 spiro atoms. The Labute approximate surface area is 136 Å². The highest BCUT2D eigenvalue weighted by Gasteiger charge is 2.67. The molecular weight excluding hydrogens is 300 g/mol. The second-order valence-corrected chi connectivity index (χ2v) is 8.60. The molecule has 0 amide bonds. The van der Waals surface area contributed by atoms with Crippen LogP contribution in [0.5, 0.6) is 0 Å². The lowest BCUT2D eigenvalue weighted by atomic mass is 10.2. The predicted octanol–water partition coefficient (Wildman–Crippen LogP) is 2.19. The van der Waals surface area contributed by atoms with E-state index in [1.807, 2.05) is 27.7 Å². The number of Topliss-reactive ketones (excluding diaryl/α,β-unsaturated/α-hetero) is 1. The summed E-state index contributed by atoms with van der Waals surface area (Å²) in [6.45, 7) is 11.2. The second-order valence-electron chi connectivity index (χ2n) is 5.56. The number of hydrogen-bond donors (Lipinski definition) is 2. The molecule has 0 saturated heterocycles. The summed E-state index contributed by atoms with van der Waals surface area (Å²) in [6, 6.07) is 0. The topological polar surface area (TPSA) is 96.8 Å². The number of hydrogen-bond acceptors (Lipinski definition) is 6. The first-order valence-corrected chi connectivity index (χ1v) is 9.97. The Morgan fingerprint density at radius 2 is 1.41 bits per heavy atom. The van der Waals surface area contributed by atoms with Gasteiger partial charge in [0, 0.05) is 31.3 Å². The van der Waals surface area contributed by atoms with E-state index in [4.69, 9.17) is 24.7 Å². The third-order valence-corrected chi connectivity index (χ3v) is 7.64. The number of carbonyl (C=O) groups excluding carboxylic acids is 1. The summed E-state index contributed by atoms with van der Waals surface area (Å²) in [6.07, 6.45) is 3.15. The molecule has 0 bridgehead atoms. The van der Waals surface area contributed by atoms with Gasteiger partial charge in [-0.15, -0.1) is 0 Å². The minimum absolute atomic E-state index is 0.0385. The maximum atomic E-state index is 9.81. The Morgan fingerprint density at radius 3 is 1.59 bits per heavy atom. The normalized spacial score (nSPS) is 16.2. The molecule has 7 heteroatoms. The van der Waals surface area contributed by atoms with Gasteiger partial charge >= 0.3 is 8.80 Å². The predicted molar refractivity (Wildman–Crippen MR) is 90.3 cm³/mol. The summed E-state index contributed by atoms with van der Waals surface area (Å²) in [5.41, 5.74) is 11.5. The molecule has 1 fully saturated rings. The molecule has 0 aromatic rings. The van der Waals surface area contributed by atoms with E-state index in [2.05, 4.69) is 0 Å². The maximum Gasteiger partial charge on any atom is 0.507 e. The number of ketones is 1. The average molecular weight is 335 g/mol. The summed E-state index contributed by atoms with van der Waals surface area (Å²) < 4.78 is 17.8. The first-order valence-electron chi connectivity index (χ1n) is 8.25. The zero-order valence-electron chi connectivity index (χ0n) is 14.8. The summed E-state index contributed by atoms with van der Waals surface area (Å²) in [4.78, 5) is 9.81. The summed E-state index contributed by atoms with van der Waals surface area (Å²) >= 11 is 0. The van der Waals surface area contributed by atoms with Crippen LogP contribution in [0, 0.1) is 0 Å². The van der Waals surface area contributed by atoms with E-state index < -0.39 is 8.80 Å². The fraction of sp³-hybridized carbons (Fsp3) is 0.933. The molecule has 132 valence electrons. The molecule has 1 aliphatic rings. The van der Waals surface area contributed by atoms with E-state index in [-0.39, 0.29) is 17.0 Å². The molecule has 0 radical (unpaired) electrons. The van der Waals surface area contributed by atoms with Gasteiger partial charge in [-0.1, -0.05) is 6.92 Å².